The van der Waals surface area contributed by atoms with Gasteiger partial charge in [0.2, 0.25) is 5.89 Å². The van der Waals surface area contributed by atoms with Gasteiger partial charge < -0.3 is 10.3 Å². The van der Waals surface area contributed by atoms with Crippen molar-refractivity contribution in [3.63, 3.8) is 0 Å². The van der Waals surface area contributed by atoms with Crippen molar-refractivity contribution in [1.29, 1.82) is 0 Å². The van der Waals surface area contributed by atoms with Gasteiger partial charge in [0.15, 0.2) is 5.82 Å². The molecule has 4 aliphatic rings. The molecule has 4 bridgehead atoms. The number of nitrogens with zero attached hydrogens (tertiary/aromatic N) is 2. The van der Waals surface area contributed by atoms with E-state index in [1.54, 1.807) is 0 Å². The van der Waals surface area contributed by atoms with Gasteiger partial charge >= 0.3 is 0 Å². The van der Waals surface area contributed by atoms with Gasteiger partial charge in [0, 0.05) is 12.5 Å². The summed E-state index contributed by atoms with van der Waals surface area (Å²) in [7, 11) is 0. The Hall–Kier alpha value is -0.900. The first-order valence-corrected chi connectivity index (χ1v) is 7.74. The van der Waals surface area contributed by atoms with Crippen LogP contribution in [0, 0.1) is 36.5 Å². The molecule has 1 aromatic rings. The lowest BCUT2D eigenvalue weighted by atomic mass is 9.50. The van der Waals surface area contributed by atoms with Crippen LogP contribution in [0.4, 0.5) is 0 Å². The molecule has 4 heteroatoms. The van der Waals surface area contributed by atoms with Gasteiger partial charge in [-0.1, -0.05) is 5.16 Å². The molecule has 1 unspecified atom stereocenters. The Morgan fingerprint density at radius 1 is 1.16 bits per heavy atom. The third kappa shape index (κ3) is 2.00. The van der Waals surface area contributed by atoms with E-state index in [9.17, 15) is 0 Å². The van der Waals surface area contributed by atoms with Crippen LogP contribution in [-0.2, 0) is 6.42 Å². The van der Waals surface area contributed by atoms with E-state index in [0.717, 1.165) is 36.0 Å². The molecule has 19 heavy (non-hydrogen) atoms. The predicted octanol–water partition coefficient (Wildman–Crippen LogP) is 2.32. The van der Waals surface area contributed by atoms with Crippen LogP contribution in [0.25, 0.3) is 0 Å². The van der Waals surface area contributed by atoms with Crippen LogP contribution in [0.1, 0.15) is 43.8 Å². The fraction of sp³-hybridized carbons (Fsp3) is 0.867. The van der Waals surface area contributed by atoms with Crippen LogP contribution in [0.5, 0.6) is 0 Å². The molecular weight excluding hydrogens is 238 g/mol. The molecule has 0 aliphatic heterocycles. The highest BCUT2D eigenvalue weighted by Gasteiger charge is 2.49. The van der Waals surface area contributed by atoms with Gasteiger partial charge in [-0.3, -0.25) is 0 Å². The van der Waals surface area contributed by atoms with Crippen LogP contribution in [0.2, 0.25) is 0 Å². The molecule has 4 saturated carbocycles. The Labute approximate surface area is 114 Å². The largest absolute Gasteiger partial charge is 0.339 e. The minimum atomic E-state index is 0.204. The van der Waals surface area contributed by atoms with Crippen molar-refractivity contribution in [1.82, 2.24) is 10.1 Å². The third-order valence-corrected chi connectivity index (χ3v) is 5.77. The van der Waals surface area contributed by atoms with E-state index in [1.165, 1.54) is 32.1 Å². The summed E-state index contributed by atoms with van der Waals surface area (Å²) in [6.45, 7) is 1.86. The lowest BCUT2D eigenvalue weighted by Crippen LogP contribution is -2.52. The number of aromatic nitrogens is 2. The molecule has 0 spiro atoms. The summed E-state index contributed by atoms with van der Waals surface area (Å²) in [5.41, 5.74) is 6.51. The molecule has 4 fully saturated rings. The molecule has 4 aliphatic carbocycles. The number of hydrogen-bond donors (Lipinski definition) is 1. The summed E-state index contributed by atoms with van der Waals surface area (Å²) < 4.78 is 5.24. The lowest BCUT2D eigenvalue weighted by molar-refractivity contribution is -0.0472. The van der Waals surface area contributed by atoms with Crippen molar-refractivity contribution >= 4 is 0 Å². The first kappa shape index (κ1) is 11.9. The second-order valence-corrected chi connectivity index (χ2v) is 7.11. The zero-order valence-corrected chi connectivity index (χ0v) is 11.6. The van der Waals surface area contributed by atoms with E-state index in [4.69, 9.17) is 10.3 Å². The topological polar surface area (TPSA) is 64.9 Å². The van der Waals surface area contributed by atoms with E-state index in [0.29, 0.717) is 11.7 Å². The maximum atomic E-state index is 6.51. The number of hydrogen-bond acceptors (Lipinski definition) is 4. The summed E-state index contributed by atoms with van der Waals surface area (Å²) in [6, 6.07) is 0.204. The molecule has 1 aromatic heterocycles. The summed E-state index contributed by atoms with van der Waals surface area (Å²) in [4.78, 5) is 4.31. The molecule has 0 aromatic carbocycles. The molecule has 0 saturated heterocycles. The number of aryl methyl sites for hydroxylation is 1. The molecule has 0 amide bonds. The second kappa shape index (κ2) is 4.30. The monoisotopic (exact) mass is 261 g/mol. The first-order valence-electron chi connectivity index (χ1n) is 7.74. The van der Waals surface area contributed by atoms with Crippen molar-refractivity contribution in [3.05, 3.63) is 11.7 Å². The average Bonchev–Trinajstić information content (AvgIpc) is 2.73. The number of nitrogens with two attached hydrogens (primary N) is 1. The van der Waals surface area contributed by atoms with Crippen LogP contribution in [0.3, 0.4) is 0 Å². The number of rotatable bonds is 3. The molecule has 1 atom stereocenters. The standard InChI is InChI=1S/C15H23N3O/c1-8-17-14(19-18-8)7-13(16)15-11-3-9-2-10(5-11)6-12(15)4-9/h9-13,15H,2-7,16H2,1H3. The fourth-order valence-electron chi connectivity index (χ4n) is 5.43. The molecule has 0 radical (unpaired) electrons. The third-order valence-electron chi connectivity index (χ3n) is 5.77. The van der Waals surface area contributed by atoms with Gasteiger partial charge in [-0.15, -0.1) is 0 Å². The van der Waals surface area contributed by atoms with E-state index in [-0.39, 0.29) is 6.04 Å². The summed E-state index contributed by atoms with van der Waals surface area (Å²) >= 11 is 0. The fourth-order valence-corrected chi connectivity index (χ4v) is 5.43. The highest BCUT2D eigenvalue weighted by molar-refractivity contribution is 5.02. The Morgan fingerprint density at radius 2 is 1.79 bits per heavy atom. The quantitative estimate of drug-likeness (QED) is 0.907. The van der Waals surface area contributed by atoms with Crippen LogP contribution in [0.15, 0.2) is 4.52 Å². The molecule has 104 valence electrons. The van der Waals surface area contributed by atoms with Gasteiger partial charge in [0.1, 0.15) is 0 Å². The predicted molar refractivity (Wildman–Crippen MR) is 71.2 cm³/mol. The van der Waals surface area contributed by atoms with Crippen molar-refractivity contribution < 1.29 is 4.52 Å². The highest BCUT2D eigenvalue weighted by Crippen LogP contribution is 2.57. The van der Waals surface area contributed by atoms with E-state index in [2.05, 4.69) is 10.1 Å². The lowest BCUT2D eigenvalue weighted by Gasteiger charge is -2.56. The maximum Gasteiger partial charge on any atom is 0.228 e. The van der Waals surface area contributed by atoms with Crippen molar-refractivity contribution in [3.8, 4) is 0 Å². The van der Waals surface area contributed by atoms with Crippen LogP contribution < -0.4 is 5.73 Å². The maximum absolute atomic E-state index is 6.51. The Morgan fingerprint density at radius 3 is 2.32 bits per heavy atom. The van der Waals surface area contributed by atoms with Crippen molar-refractivity contribution in [2.75, 3.05) is 0 Å². The average molecular weight is 261 g/mol. The van der Waals surface area contributed by atoms with Crippen LogP contribution in [-0.4, -0.2) is 16.2 Å². The summed E-state index contributed by atoms with van der Waals surface area (Å²) in [5, 5.41) is 3.86. The highest BCUT2D eigenvalue weighted by atomic mass is 16.5. The first-order chi connectivity index (χ1) is 9.19. The van der Waals surface area contributed by atoms with Gasteiger partial charge in [0.25, 0.3) is 0 Å². The molecular formula is C15H23N3O. The van der Waals surface area contributed by atoms with Crippen molar-refractivity contribution in [2.24, 2.45) is 35.3 Å². The Kier molecular flexibility index (Phi) is 2.69. The van der Waals surface area contributed by atoms with E-state index < -0.39 is 0 Å². The Bertz CT molecular complexity index is 442. The smallest absolute Gasteiger partial charge is 0.228 e. The van der Waals surface area contributed by atoms with Gasteiger partial charge in [0.05, 0.1) is 0 Å². The molecule has 4 nitrogen and oxygen atoms in total. The van der Waals surface area contributed by atoms with Gasteiger partial charge in [-0.2, -0.15) is 4.98 Å². The minimum absolute atomic E-state index is 0.204. The van der Waals surface area contributed by atoms with Crippen molar-refractivity contribution in [2.45, 2.75) is 51.5 Å². The van der Waals surface area contributed by atoms with Gasteiger partial charge in [-0.05, 0) is 68.6 Å². The summed E-state index contributed by atoms with van der Waals surface area (Å²) in [5.74, 6) is 5.89. The normalized spacial score (nSPS) is 41.7. The molecule has 5 rings (SSSR count). The Balaban J connectivity index is 1.49. The molecule has 1 heterocycles. The van der Waals surface area contributed by atoms with E-state index >= 15 is 0 Å². The van der Waals surface area contributed by atoms with E-state index in [1.807, 2.05) is 6.92 Å². The second-order valence-electron chi connectivity index (χ2n) is 7.11. The SMILES string of the molecule is Cc1noc(CC(N)C2C3CC4CC(C3)CC2C4)n1. The van der Waals surface area contributed by atoms with Crippen LogP contribution >= 0.6 is 0 Å². The molecule has 2 N–H and O–H groups in total. The zero-order chi connectivity index (χ0) is 13.0. The summed E-state index contributed by atoms with van der Waals surface area (Å²) in [6.07, 6.45) is 7.95. The van der Waals surface area contributed by atoms with Gasteiger partial charge in [-0.25, -0.2) is 0 Å². The minimum Gasteiger partial charge on any atom is -0.339 e. The zero-order valence-electron chi connectivity index (χ0n) is 11.6.